The van der Waals surface area contributed by atoms with Crippen LogP contribution in [0.5, 0.6) is 0 Å². The molecule has 9 aromatic carbocycles. The van der Waals surface area contributed by atoms with E-state index in [1.807, 2.05) is 0 Å². The Kier molecular flexibility index (Phi) is 7.78. The van der Waals surface area contributed by atoms with Crippen LogP contribution in [0.3, 0.4) is 0 Å². The molecule has 1 heteroatoms. The van der Waals surface area contributed by atoms with E-state index in [2.05, 4.69) is 229 Å². The number of hydrogen-bond acceptors (Lipinski definition) is 1. The second-order valence-electron chi connectivity index (χ2n) is 14.1. The lowest BCUT2D eigenvalue weighted by Crippen LogP contribution is -2.28. The number of anilines is 3. The third kappa shape index (κ3) is 5.09. The van der Waals surface area contributed by atoms with Gasteiger partial charge in [0.15, 0.2) is 0 Å². The average Bonchev–Trinajstić information content (AvgIpc) is 3.56. The van der Waals surface area contributed by atoms with Gasteiger partial charge in [0.1, 0.15) is 0 Å². The van der Waals surface area contributed by atoms with E-state index >= 15 is 0 Å². The molecule has 0 radical (unpaired) electrons. The quantitative estimate of drug-likeness (QED) is 0.161. The van der Waals surface area contributed by atoms with Crippen LogP contribution in [0.1, 0.15) is 22.3 Å². The van der Waals surface area contributed by atoms with Gasteiger partial charge >= 0.3 is 0 Å². The largest absolute Gasteiger partial charge is 0.309 e. The van der Waals surface area contributed by atoms with Gasteiger partial charge in [-0.1, -0.05) is 194 Å². The lowest BCUT2D eigenvalue weighted by Gasteiger charge is -2.35. The predicted octanol–water partition coefficient (Wildman–Crippen LogP) is 14.0. The van der Waals surface area contributed by atoms with Crippen molar-refractivity contribution in [1.29, 1.82) is 0 Å². The molecule has 0 heterocycles. The summed E-state index contributed by atoms with van der Waals surface area (Å²) in [6, 6.07) is 82.0. The van der Waals surface area contributed by atoms with Crippen LogP contribution in [0.15, 0.2) is 224 Å². The highest BCUT2D eigenvalue weighted by Gasteiger charge is 2.47. The van der Waals surface area contributed by atoms with Gasteiger partial charge in [0.25, 0.3) is 0 Å². The third-order valence-electron chi connectivity index (χ3n) is 11.1. The summed E-state index contributed by atoms with van der Waals surface area (Å²) in [5, 5.41) is 2.42. The molecule has 0 bridgehead atoms. The van der Waals surface area contributed by atoms with Crippen molar-refractivity contribution in [2.24, 2.45) is 0 Å². The SMILES string of the molecule is c1ccc(-c2ccc(N(c3ccc(-c4ccccc4)cc3)c3c4c(cc5ccccc35)C(c3ccccc3)(c3ccccc3)c3ccccc3-4)cc2)cc1. The molecule has 0 unspecified atom stereocenters. The van der Waals surface area contributed by atoms with Crippen molar-refractivity contribution in [2.45, 2.75) is 5.41 Å². The molecule has 1 nitrogen and oxygen atoms in total. The van der Waals surface area contributed by atoms with Crippen LogP contribution < -0.4 is 4.90 Å². The van der Waals surface area contributed by atoms with Gasteiger partial charge < -0.3 is 4.90 Å². The summed E-state index contributed by atoms with van der Waals surface area (Å²) in [6.45, 7) is 0. The molecule has 0 saturated heterocycles. The molecule has 0 saturated carbocycles. The predicted molar refractivity (Wildman–Crippen MR) is 227 cm³/mol. The summed E-state index contributed by atoms with van der Waals surface area (Å²) in [6.07, 6.45) is 0. The van der Waals surface area contributed by atoms with Crippen molar-refractivity contribution >= 4 is 27.8 Å². The van der Waals surface area contributed by atoms with Gasteiger partial charge in [-0.25, -0.2) is 0 Å². The molecule has 0 aliphatic heterocycles. The van der Waals surface area contributed by atoms with Gasteiger partial charge in [-0.3, -0.25) is 0 Å². The molecule has 254 valence electrons. The second kappa shape index (κ2) is 13.2. The Morgan fingerprint density at radius 1 is 0.333 bits per heavy atom. The second-order valence-corrected chi connectivity index (χ2v) is 14.1. The molecule has 1 aliphatic carbocycles. The van der Waals surface area contributed by atoms with Crippen molar-refractivity contribution in [1.82, 2.24) is 0 Å². The fourth-order valence-corrected chi connectivity index (χ4v) is 8.74. The Morgan fingerprint density at radius 3 is 1.30 bits per heavy atom. The van der Waals surface area contributed by atoms with Crippen LogP contribution in [0, 0.1) is 0 Å². The molecule has 0 aromatic heterocycles. The molecule has 54 heavy (non-hydrogen) atoms. The Hall–Kier alpha value is -6.96. The first-order chi connectivity index (χ1) is 26.8. The zero-order valence-corrected chi connectivity index (χ0v) is 29.8. The van der Waals surface area contributed by atoms with E-state index in [-0.39, 0.29) is 0 Å². The maximum absolute atomic E-state index is 2.49. The Labute approximate surface area is 317 Å². The van der Waals surface area contributed by atoms with E-state index in [9.17, 15) is 0 Å². The highest BCUT2D eigenvalue weighted by molar-refractivity contribution is 6.10. The van der Waals surface area contributed by atoms with E-state index in [0.717, 1.165) is 11.4 Å². The monoisotopic (exact) mass is 687 g/mol. The van der Waals surface area contributed by atoms with Crippen molar-refractivity contribution in [2.75, 3.05) is 4.90 Å². The molecule has 9 aromatic rings. The zero-order chi connectivity index (χ0) is 35.9. The standard InChI is InChI=1S/C53H37N/c1-5-17-38(18-6-1)40-29-33-45(34-30-40)54(46-35-31-41(32-36-46)39-19-7-2-8-20-39)52-47-26-14-13-21-42(47)37-50-51(52)48-27-15-16-28-49(48)53(50,43-22-9-3-10-23-43)44-24-11-4-12-25-44/h1-37H. The summed E-state index contributed by atoms with van der Waals surface area (Å²) in [4.78, 5) is 2.49. The lowest BCUT2D eigenvalue weighted by atomic mass is 9.67. The lowest BCUT2D eigenvalue weighted by molar-refractivity contribution is 0.769. The summed E-state index contributed by atoms with van der Waals surface area (Å²) in [5.74, 6) is 0. The average molecular weight is 688 g/mol. The Bertz CT molecular complexity index is 2600. The molecule has 0 N–H and O–H groups in total. The van der Waals surface area contributed by atoms with Crippen LogP contribution in [0.2, 0.25) is 0 Å². The number of benzene rings is 9. The molecular weight excluding hydrogens is 651 g/mol. The van der Waals surface area contributed by atoms with Gasteiger partial charge in [0.2, 0.25) is 0 Å². The number of nitrogens with zero attached hydrogens (tertiary/aromatic N) is 1. The smallest absolute Gasteiger partial charge is 0.0714 e. The zero-order valence-electron chi connectivity index (χ0n) is 29.8. The van der Waals surface area contributed by atoms with Crippen LogP contribution in [-0.4, -0.2) is 0 Å². The summed E-state index contributed by atoms with van der Waals surface area (Å²) in [7, 11) is 0. The Morgan fingerprint density at radius 2 is 0.759 bits per heavy atom. The maximum atomic E-state index is 2.49. The van der Waals surface area contributed by atoms with Crippen molar-refractivity contribution in [3.63, 3.8) is 0 Å². The summed E-state index contributed by atoms with van der Waals surface area (Å²) < 4.78 is 0. The topological polar surface area (TPSA) is 3.24 Å². The molecule has 0 atom stereocenters. The minimum Gasteiger partial charge on any atom is -0.309 e. The first-order valence-corrected chi connectivity index (χ1v) is 18.7. The number of fused-ring (bicyclic) bond motifs is 4. The number of rotatable bonds is 7. The van der Waals surface area contributed by atoms with Gasteiger partial charge in [-0.2, -0.15) is 0 Å². The normalized spacial score (nSPS) is 12.6. The highest BCUT2D eigenvalue weighted by atomic mass is 15.1. The van der Waals surface area contributed by atoms with E-state index in [0.29, 0.717) is 0 Å². The minimum atomic E-state index is -0.521. The molecule has 0 spiro atoms. The van der Waals surface area contributed by atoms with Crippen LogP contribution in [0.25, 0.3) is 44.2 Å². The van der Waals surface area contributed by atoms with Crippen LogP contribution in [-0.2, 0) is 5.41 Å². The fraction of sp³-hybridized carbons (Fsp3) is 0.0189. The van der Waals surface area contributed by atoms with E-state index in [4.69, 9.17) is 0 Å². The Balaban J connectivity index is 1.30. The maximum Gasteiger partial charge on any atom is 0.0714 e. The van der Waals surface area contributed by atoms with E-state index < -0.39 is 5.41 Å². The molecule has 0 amide bonds. The van der Waals surface area contributed by atoms with Gasteiger partial charge in [0, 0.05) is 22.3 Å². The minimum absolute atomic E-state index is 0.521. The fourth-order valence-electron chi connectivity index (χ4n) is 8.74. The molecule has 10 rings (SSSR count). The van der Waals surface area contributed by atoms with Gasteiger partial charge in [0.05, 0.1) is 11.1 Å². The van der Waals surface area contributed by atoms with Crippen LogP contribution >= 0.6 is 0 Å². The molecule has 1 aliphatic rings. The molecular formula is C53H37N. The molecule has 0 fully saturated rings. The third-order valence-corrected chi connectivity index (χ3v) is 11.1. The van der Waals surface area contributed by atoms with Gasteiger partial charge in [-0.05, 0) is 85.8 Å². The van der Waals surface area contributed by atoms with Crippen molar-refractivity contribution in [3.8, 4) is 33.4 Å². The highest BCUT2D eigenvalue weighted by Crippen LogP contribution is 2.61. The number of hydrogen-bond donors (Lipinski definition) is 0. The van der Waals surface area contributed by atoms with Crippen LogP contribution in [0.4, 0.5) is 17.1 Å². The van der Waals surface area contributed by atoms with E-state index in [1.165, 1.54) is 72.1 Å². The summed E-state index contributed by atoms with van der Waals surface area (Å²) >= 11 is 0. The van der Waals surface area contributed by atoms with Crippen molar-refractivity contribution < 1.29 is 0 Å². The summed E-state index contributed by atoms with van der Waals surface area (Å²) in [5.41, 5.74) is 15.3. The first kappa shape index (κ1) is 31.7. The van der Waals surface area contributed by atoms with Crippen molar-refractivity contribution in [3.05, 3.63) is 247 Å². The van der Waals surface area contributed by atoms with E-state index in [1.54, 1.807) is 0 Å². The first-order valence-electron chi connectivity index (χ1n) is 18.7. The van der Waals surface area contributed by atoms with Gasteiger partial charge in [-0.15, -0.1) is 0 Å².